The van der Waals surface area contributed by atoms with Crippen molar-refractivity contribution >= 4 is 39.2 Å². The van der Waals surface area contributed by atoms with Crippen molar-refractivity contribution in [1.82, 2.24) is 9.46 Å². The minimum absolute atomic E-state index is 0.0442. The van der Waals surface area contributed by atoms with E-state index in [0.717, 1.165) is 25.7 Å². The summed E-state index contributed by atoms with van der Waals surface area (Å²) in [5.74, 6) is -1.09. The molecule has 1 aromatic carbocycles. The summed E-state index contributed by atoms with van der Waals surface area (Å²) >= 11 is 6.17. The van der Waals surface area contributed by atoms with E-state index in [1.807, 2.05) is 13.8 Å². The van der Waals surface area contributed by atoms with E-state index in [9.17, 15) is 18.0 Å². The molecule has 33 heavy (non-hydrogen) atoms. The van der Waals surface area contributed by atoms with Gasteiger partial charge in [-0.25, -0.2) is 13.2 Å². The molecule has 11 heteroatoms. The van der Waals surface area contributed by atoms with Crippen molar-refractivity contribution < 1.29 is 27.3 Å². The van der Waals surface area contributed by atoms with Crippen molar-refractivity contribution in [3.05, 3.63) is 40.2 Å². The molecule has 9 nitrogen and oxygen atoms in total. The first kappa shape index (κ1) is 25.2. The summed E-state index contributed by atoms with van der Waals surface area (Å²) in [6.07, 6.45) is 3.62. The van der Waals surface area contributed by atoms with Crippen LogP contribution in [0, 0.1) is 6.92 Å². The molecule has 2 heterocycles. The van der Waals surface area contributed by atoms with Gasteiger partial charge >= 0.3 is 5.97 Å². The number of hydrogen-bond donors (Lipinski definition) is 1. The van der Waals surface area contributed by atoms with Crippen LogP contribution in [0.1, 0.15) is 67.3 Å². The van der Waals surface area contributed by atoms with Crippen molar-refractivity contribution in [2.75, 3.05) is 25.0 Å². The molecule has 0 unspecified atom stereocenters. The van der Waals surface area contributed by atoms with Crippen LogP contribution in [0.3, 0.4) is 0 Å². The summed E-state index contributed by atoms with van der Waals surface area (Å²) in [4.78, 5) is 24.9. The van der Waals surface area contributed by atoms with E-state index in [0.29, 0.717) is 24.5 Å². The van der Waals surface area contributed by atoms with Crippen LogP contribution in [0.2, 0.25) is 5.02 Å². The van der Waals surface area contributed by atoms with Gasteiger partial charge in [-0.3, -0.25) is 4.79 Å². The molecular formula is C22H28ClN3O6S. The van der Waals surface area contributed by atoms with Crippen LogP contribution >= 0.6 is 11.6 Å². The Morgan fingerprint density at radius 1 is 1.21 bits per heavy atom. The summed E-state index contributed by atoms with van der Waals surface area (Å²) in [5.41, 5.74) is 0.692. The number of amides is 1. The SMILES string of the molecule is Cc1noc(C(C)C)c1C(=O)OCC(=O)Nc1cc(S(=O)(=O)N2CCCCCC2)ccc1Cl. The van der Waals surface area contributed by atoms with Gasteiger partial charge in [0.15, 0.2) is 12.4 Å². The second-order valence-electron chi connectivity index (χ2n) is 8.25. The molecule has 180 valence electrons. The number of rotatable bonds is 7. The van der Waals surface area contributed by atoms with E-state index in [1.54, 1.807) is 6.92 Å². The molecule has 0 aliphatic carbocycles. The lowest BCUT2D eigenvalue weighted by molar-refractivity contribution is -0.119. The number of ether oxygens (including phenoxy) is 1. The molecule has 0 bridgehead atoms. The first-order valence-corrected chi connectivity index (χ1v) is 12.7. The van der Waals surface area contributed by atoms with Crippen LogP contribution < -0.4 is 5.32 Å². The number of halogens is 1. The first-order chi connectivity index (χ1) is 15.6. The Bertz CT molecular complexity index is 1120. The third kappa shape index (κ3) is 5.93. The van der Waals surface area contributed by atoms with Gasteiger partial charge in [0.1, 0.15) is 5.56 Å². The van der Waals surface area contributed by atoms with Gasteiger partial charge in [-0.2, -0.15) is 4.31 Å². The smallest absolute Gasteiger partial charge is 0.344 e. The molecule has 0 spiro atoms. The van der Waals surface area contributed by atoms with E-state index in [-0.39, 0.29) is 27.1 Å². The third-order valence-corrected chi connectivity index (χ3v) is 7.59. The lowest BCUT2D eigenvalue weighted by Crippen LogP contribution is -2.32. The molecule has 0 radical (unpaired) electrons. The van der Waals surface area contributed by atoms with E-state index < -0.39 is 28.5 Å². The van der Waals surface area contributed by atoms with Gasteiger partial charge in [-0.15, -0.1) is 0 Å². The van der Waals surface area contributed by atoms with Crippen molar-refractivity contribution in [3.8, 4) is 0 Å². The van der Waals surface area contributed by atoms with Crippen molar-refractivity contribution in [1.29, 1.82) is 0 Å². The zero-order valence-corrected chi connectivity index (χ0v) is 20.5. The predicted molar refractivity (Wildman–Crippen MR) is 123 cm³/mol. The van der Waals surface area contributed by atoms with Crippen LogP contribution in [0.5, 0.6) is 0 Å². The average Bonchev–Trinajstić information content (AvgIpc) is 2.97. The van der Waals surface area contributed by atoms with Gasteiger partial charge in [-0.1, -0.05) is 43.4 Å². The van der Waals surface area contributed by atoms with Crippen LogP contribution in [0.15, 0.2) is 27.6 Å². The number of sulfonamides is 1. The monoisotopic (exact) mass is 497 g/mol. The minimum Gasteiger partial charge on any atom is -0.452 e. The van der Waals surface area contributed by atoms with Gasteiger partial charge in [0.25, 0.3) is 5.91 Å². The molecule has 1 aromatic heterocycles. The second-order valence-corrected chi connectivity index (χ2v) is 10.6. The Hall–Kier alpha value is -2.43. The van der Waals surface area contributed by atoms with Crippen LogP contribution in [0.25, 0.3) is 0 Å². The molecule has 2 aromatic rings. The fraction of sp³-hybridized carbons (Fsp3) is 0.500. The highest BCUT2D eigenvalue weighted by atomic mass is 35.5. The number of aromatic nitrogens is 1. The lowest BCUT2D eigenvalue weighted by Gasteiger charge is -2.20. The van der Waals surface area contributed by atoms with Gasteiger partial charge < -0.3 is 14.6 Å². The number of nitrogens with zero attached hydrogens (tertiary/aromatic N) is 2. The van der Waals surface area contributed by atoms with Crippen molar-refractivity contribution in [3.63, 3.8) is 0 Å². The van der Waals surface area contributed by atoms with E-state index in [2.05, 4.69) is 10.5 Å². The van der Waals surface area contributed by atoms with E-state index in [1.165, 1.54) is 22.5 Å². The van der Waals surface area contributed by atoms with Crippen LogP contribution in [-0.4, -0.2) is 49.5 Å². The van der Waals surface area contributed by atoms with Gasteiger partial charge in [0.05, 0.1) is 21.3 Å². The Labute approximate surface area is 198 Å². The van der Waals surface area contributed by atoms with Crippen molar-refractivity contribution in [2.45, 2.75) is 57.3 Å². The normalized spacial score (nSPS) is 15.3. The topological polar surface area (TPSA) is 119 Å². The highest BCUT2D eigenvalue weighted by molar-refractivity contribution is 7.89. The maximum absolute atomic E-state index is 13.0. The number of esters is 1. The van der Waals surface area contributed by atoms with Gasteiger partial charge in [-0.05, 0) is 38.0 Å². The van der Waals surface area contributed by atoms with Gasteiger partial charge in [0.2, 0.25) is 10.0 Å². The summed E-state index contributed by atoms with van der Waals surface area (Å²) in [6.45, 7) is 5.64. The number of benzene rings is 1. The lowest BCUT2D eigenvalue weighted by atomic mass is 10.1. The quantitative estimate of drug-likeness (QED) is 0.571. The largest absolute Gasteiger partial charge is 0.452 e. The summed E-state index contributed by atoms with van der Waals surface area (Å²) in [5, 5.41) is 6.48. The Morgan fingerprint density at radius 3 is 2.52 bits per heavy atom. The standard InChI is InChI=1S/C22H28ClN3O6S/c1-14(2)21-20(15(3)25-32-21)22(28)31-13-19(27)24-18-12-16(8-9-17(18)23)33(29,30)26-10-6-4-5-7-11-26/h8-9,12,14H,4-7,10-11,13H2,1-3H3,(H,24,27). The van der Waals surface area contributed by atoms with E-state index in [4.69, 9.17) is 20.9 Å². The molecule has 0 atom stereocenters. The second kappa shape index (κ2) is 10.7. The Balaban J connectivity index is 1.69. The zero-order chi connectivity index (χ0) is 24.2. The van der Waals surface area contributed by atoms with Crippen molar-refractivity contribution in [2.24, 2.45) is 0 Å². The number of nitrogens with one attached hydrogen (secondary N) is 1. The summed E-state index contributed by atoms with van der Waals surface area (Å²) in [6, 6.07) is 4.16. The zero-order valence-electron chi connectivity index (χ0n) is 18.9. The van der Waals surface area contributed by atoms with Crippen LogP contribution in [-0.2, 0) is 19.6 Å². The maximum atomic E-state index is 13.0. The number of hydrogen-bond acceptors (Lipinski definition) is 7. The molecular weight excluding hydrogens is 470 g/mol. The average molecular weight is 498 g/mol. The fourth-order valence-corrected chi connectivity index (χ4v) is 5.32. The number of carbonyl (C=O) groups is 2. The molecule has 0 saturated carbocycles. The number of anilines is 1. The highest BCUT2D eigenvalue weighted by Gasteiger charge is 2.27. The number of aryl methyl sites for hydroxylation is 1. The van der Waals surface area contributed by atoms with E-state index >= 15 is 0 Å². The third-order valence-electron chi connectivity index (χ3n) is 5.37. The first-order valence-electron chi connectivity index (χ1n) is 10.8. The summed E-state index contributed by atoms with van der Waals surface area (Å²) < 4.78 is 37.8. The minimum atomic E-state index is -3.71. The maximum Gasteiger partial charge on any atom is 0.344 e. The molecule has 1 fully saturated rings. The fourth-order valence-electron chi connectivity index (χ4n) is 3.61. The highest BCUT2D eigenvalue weighted by Crippen LogP contribution is 2.28. The molecule has 1 saturated heterocycles. The Kier molecular flexibility index (Phi) is 8.14. The predicted octanol–water partition coefficient (Wildman–Crippen LogP) is 4.12. The number of carbonyl (C=O) groups excluding carboxylic acids is 2. The van der Waals surface area contributed by atoms with Gasteiger partial charge in [0, 0.05) is 19.0 Å². The Morgan fingerprint density at radius 2 is 1.88 bits per heavy atom. The molecule has 3 rings (SSSR count). The molecule has 1 aliphatic rings. The summed E-state index contributed by atoms with van der Waals surface area (Å²) in [7, 11) is -3.71. The molecule has 1 amide bonds. The van der Waals surface area contributed by atoms with Crippen LogP contribution in [0.4, 0.5) is 5.69 Å². The molecule has 1 N–H and O–H groups in total. The molecule has 1 aliphatic heterocycles.